The predicted octanol–water partition coefficient (Wildman–Crippen LogP) is 4.61. The van der Waals surface area contributed by atoms with E-state index in [0.717, 1.165) is 41.9 Å². The zero-order chi connectivity index (χ0) is 17.3. The highest BCUT2D eigenvalue weighted by molar-refractivity contribution is 5.85. The zero-order valence-corrected chi connectivity index (χ0v) is 15.7. The van der Waals surface area contributed by atoms with E-state index in [2.05, 4.69) is 11.1 Å². The van der Waals surface area contributed by atoms with Crippen LogP contribution in [0.4, 0.5) is 0 Å². The first-order valence-corrected chi connectivity index (χ1v) is 8.92. The van der Waals surface area contributed by atoms with Crippen molar-refractivity contribution in [1.82, 2.24) is 4.98 Å². The Hall–Kier alpha value is -2.25. The Bertz CT molecular complexity index is 811. The summed E-state index contributed by atoms with van der Waals surface area (Å²) in [7, 11) is 1.68. The fourth-order valence-electron chi connectivity index (χ4n) is 4.26. The zero-order valence-electron chi connectivity index (χ0n) is 14.9. The Balaban J connectivity index is 0.00000196. The highest BCUT2D eigenvalue weighted by Gasteiger charge is 2.44. The quantitative estimate of drug-likeness (QED) is 0.788. The maximum Gasteiger partial charge on any atom is 0.165 e. The van der Waals surface area contributed by atoms with Gasteiger partial charge in [-0.2, -0.15) is 5.26 Å². The molecule has 1 fully saturated rings. The summed E-state index contributed by atoms with van der Waals surface area (Å²) in [6.07, 6.45) is 9.73. The molecule has 2 heterocycles. The molecule has 5 heteroatoms. The molecule has 1 saturated carbocycles. The first-order valence-electron chi connectivity index (χ1n) is 8.92. The maximum atomic E-state index is 9.82. The molecule has 0 amide bonds. The van der Waals surface area contributed by atoms with Gasteiger partial charge in [0.1, 0.15) is 5.60 Å². The Morgan fingerprint density at radius 1 is 1.23 bits per heavy atom. The SMILES string of the molecule is COc1ccc(C(C#N)Cc2ccncc2)c2c1OC1(CCCC1)C2.Cl. The molecule has 1 unspecified atom stereocenters. The van der Waals surface area contributed by atoms with Gasteiger partial charge in [-0.1, -0.05) is 6.07 Å². The van der Waals surface area contributed by atoms with Crippen molar-refractivity contribution in [3.63, 3.8) is 0 Å². The number of rotatable bonds is 4. The number of hydrogen-bond donors (Lipinski definition) is 0. The number of benzene rings is 1. The summed E-state index contributed by atoms with van der Waals surface area (Å²) >= 11 is 0. The average molecular weight is 371 g/mol. The van der Waals surface area contributed by atoms with E-state index in [1.165, 1.54) is 18.4 Å². The van der Waals surface area contributed by atoms with Crippen LogP contribution in [0.3, 0.4) is 0 Å². The molecule has 1 atom stereocenters. The minimum atomic E-state index is -0.192. The molecular formula is C21H23ClN2O2. The molecule has 1 spiro atoms. The Labute approximate surface area is 160 Å². The Morgan fingerprint density at radius 2 is 1.96 bits per heavy atom. The van der Waals surface area contributed by atoms with E-state index in [0.29, 0.717) is 6.42 Å². The second kappa shape index (κ2) is 7.55. The third kappa shape index (κ3) is 3.24. The van der Waals surface area contributed by atoms with Crippen LogP contribution in [0.15, 0.2) is 36.7 Å². The molecule has 1 aromatic heterocycles. The fourth-order valence-corrected chi connectivity index (χ4v) is 4.26. The molecule has 2 aromatic rings. The predicted molar refractivity (Wildman–Crippen MR) is 102 cm³/mol. The van der Waals surface area contributed by atoms with Crippen molar-refractivity contribution in [2.24, 2.45) is 0 Å². The normalized spacial score (nSPS) is 17.7. The summed E-state index contributed by atoms with van der Waals surface area (Å²) in [6.45, 7) is 0. The monoisotopic (exact) mass is 370 g/mol. The second-order valence-electron chi connectivity index (χ2n) is 7.07. The summed E-state index contributed by atoms with van der Waals surface area (Å²) in [5.41, 5.74) is 3.30. The minimum absolute atomic E-state index is 0. The molecule has 1 aliphatic heterocycles. The summed E-state index contributed by atoms with van der Waals surface area (Å²) < 4.78 is 11.9. The van der Waals surface area contributed by atoms with Crippen LogP contribution in [0, 0.1) is 11.3 Å². The third-order valence-corrected chi connectivity index (χ3v) is 5.53. The Kier molecular flexibility index (Phi) is 5.38. The van der Waals surface area contributed by atoms with Gasteiger partial charge in [0.2, 0.25) is 0 Å². The van der Waals surface area contributed by atoms with E-state index >= 15 is 0 Å². The topological polar surface area (TPSA) is 55.1 Å². The summed E-state index contributed by atoms with van der Waals surface area (Å²) in [6, 6.07) is 10.4. The lowest BCUT2D eigenvalue weighted by atomic mass is 9.86. The molecule has 2 aliphatic rings. The van der Waals surface area contributed by atoms with Crippen LogP contribution in [0.1, 0.15) is 48.3 Å². The molecule has 0 radical (unpaired) electrons. The molecule has 0 saturated heterocycles. The van der Waals surface area contributed by atoms with E-state index in [1.807, 2.05) is 24.3 Å². The third-order valence-electron chi connectivity index (χ3n) is 5.53. The van der Waals surface area contributed by atoms with Crippen molar-refractivity contribution >= 4 is 12.4 Å². The lowest BCUT2D eigenvalue weighted by molar-refractivity contribution is 0.0996. The summed E-state index contributed by atoms with van der Waals surface area (Å²) in [5, 5.41) is 9.82. The number of fused-ring (bicyclic) bond motifs is 1. The number of nitrogens with zero attached hydrogens (tertiary/aromatic N) is 2. The fraction of sp³-hybridized carbons (Fsp3) is 0.429. The summed E-state index contributed by atoms with van der Waals surface area (Å²) in [4.78, 5) is 4.06. The number of nitriles is 1. The van der Waals surface area contributed by atoms with Gasteiger partial charge >= 0.3 is 0 Å². The minimum Gasteiger partial charge on any atom is -0.493 e. The van der Waals surface area contributed by atoms with Crippen molar-refractivity contribution in [3.05, 3.63) is 53.3 Å². The molecule has 26 heavy (non-hydrogen) atoms. The van der Waals surface area contributed by atoms with Crippen LogP contribution in [-0.4, -0.2) is 17.7 Å². The first-order chi connectivity index (χ1) is 12.2. The lowest BCUT2D eigenvalue weighted by Crippen LogP contribution is -2.30. The lowest BCUT2D eigenvalue weighted by Gasteiger charge is -2.22. The first kappa shape index (κ1) is 18.5. The molecule has 4 nitrogen and oxygen atoms in total. The molecule has 0 N–H and O–H groups in total. The van der Waals surface area contributed by atoms with Crippen molar-refractivity contribution in [3.8, 4) is 17.6 Å². The van der Waals surface area contributed by atoms with E-state index < -0.39 is 0 Å². The van der Waals surface area contributed by atoms with Crippen LogP contribution in [0.2, 0.25) is 0 Å². The van der Waals surface area contributed by atoms with Gasteiger partial charge in [-0.05, 0) is 61.4 Å². The van der Waals surface area contributed by atoms with Gasteiger partial charge < -0.3 is 9.47 Å². The molecule has 4 rings (SSSR count). The van der Waals surface area contributed by atoms with Crippen molar-refractivity contribution in [2.45, 2.75) is 50.0 Å². The average Bonchev–Trinajstić information content (AvgIpc) is 3.26. The van der Waals surface area contributed by atoms with Gasteiger partial charge in [-0.15, -0.1) is 12.4 Å². The van der Waals surface area contributed by atoms with E-state index in [4.69, 9.17) is 9.47 Å². The number of hydrogen-bond acceptors (Lipinski definition) is 4. The highest BCUT2D eigenvalue weighted by atomic mass is 35.5. The van der Waals surface area contributed by atoms with Crippen LogP contribution < -0.4 is 9.47 Å². The number of pyridine rings is 1. The van der Waals surface area contributed by atoms with Crippen LogP contribution in [0.25, 0.3) is 0 Å². The molecule has 136 valence electrons. The number of halogens is 1. The smallest absolute Gasteiger partial charge is 0.165 e. The van der Waals surface area contributed by atoms with Gasteiger partial charge in [-0.25, -0.2) is 0 Å². The van der Waals surface area contributed by atoms with E-state index in [9.17, 15) is 5.26 Å². The van der Waals surface area contributed by atoms with E-state index in [-0.39, 0.29) is 23.9 Å². The van der Waals surface area contributed by atoms with Crippen LogP contribution >= 0.6 is 12.4 Å². The van der Waals surface area contributed by atoms with Crippen molar-refractivity contribution in [2.75, 3.05) is 7.11 Å². The molecule has 1 aliphatic carbocycles. The van der Waals surface area contributed by atoms with Crippen molar-refractivity contribution in [1.29, 1.82) is 5.26 Å². The van der Waals surface area contributed by atoms with Crippen LogP contribution in [-0.2, 0) is 12.8 Å². The van der Waals surface area contributed by atoms with E-state index in [1.54, 1.807) is 19.5 Å². The highest BCUT2D eigenvalue weighted by Crippen LogP contribution is 2.50. The van der Waals surface area contributed by atoms with Crippen LogP contribution in [0.5, 0.6) is 11.5 Å². The van der Waals surface area contributed by atoms with Gasteiger partial charge in [0.25, 0.3) is 0 Å². The molecule has 0 bridgehead atoms. The number of ether oxygens (including phenoxy) is 2. The number of methoxy groups -OCH3 is 1. The van der Waals surface area contributed by atoms with Gasteiger partial charge in [0.15, 0.2) is 11.5 Å². The number of aromatic nitrogens is 1. The van der Waals surface area contributed by atoms with Gasteiger partial charge in [0.05, 0.1) is 19.1 Å². The Morgan fingerprint density at radius 3 is 2.62 bits per heavy atom. The maximum absolute atomic E-state index is 9.82. The molecule has 1 aromatic carbocycles. The second-order valence-corrected chi connectivity index (χ2v) is 7.07. The van der Waals surface area contributed by atoms with Crippen molar-refractivity contribution < 1.29 is 9.47 Å². The van der Waals surface area contributed by atoms with Gasteiger partial charge in [0, 0.05) is 24.4 Å². The largest absolute Gasteiger partial charge is 0.493 e. The van der Waals surface area contributed by atoms with Gasteiger partial charge in [-0.3, -0.25) is 4.98 Å². The molecular weight excluding hydrogens is 348 g/mol. The summed E-state index contributed by atoms with van der Waals surface area (Å²) in [5.74, 6) is 1.45. The standard InChI is InChI=1S/C21H22N2O2.ClH/c1-24-19-5-4-17(16(14-22)12-15-6-10-23-11-7-15)18-13-21(25-20(18)19)8-2-3-9-21;/h4-7,10-11,16H,2-3,8-9,12-13H2,1H3;1H.